The topological polar surface area (TPSA) is 87.0 Å². The van der Waals surface area contributed by atoms with E-state index in [2.05, 4.69) is 38.3 Å². The van der Waals surface area contributed by atoms with Crippen LogP contribution >= 0.6 is 12.2 Å². The Morgan fingerprint density at radius 1 is 0.688 bits per heavy atom. The number of hydrogen-bond donors (Lipinski definition) is 3. The average molecular weight is 476 g/mol. The molecule has 32 heavy (non-hydrogen) atoms. The highest BCUT2D eigenvalue weighted by Gasteiger charge is 2.52. The maximum absolute atomic E-state index is 6.82. The zero-order valence-corrected chi connectivity index (χ0v) is 21.9. The first kappa shape index (κ1) is 29.5. The highest BCUT2D eigenvalue weighted by Crippen LogP contribution is 2.30. The quantitative estimate of drug-likeness (QED) is 0.218. The van der Waals surface area contributed by atoms with Gasteiger partial charge in [0, 0.05) is 33.5 Å². The van der Waals surface area contributed by atoms with E-state index in [-0.39, 0.29) is 36.5 Å². The summed E-state index contributed by atoms with van der Waals surface area (Å²) in [6, 6.07) is -0.585. The monoisotopic (exact) mass is 475 g/mol. The molecule has 0 saturated heterocycles. The minimum atomic E-state index is -0.345. The molecule has 8 heteroatoms. The minimum absolute atomic E-state index is 0.240. The molecule has 0 aromatic heterocycles. The third kappa shape index (κ3) is 9.77. The molecule has 4 N–H and O–H groups in total. The SMILES string of the molecule is CCCCO[C@H]1[C@H](OCCCC)[C@@H](OCCCC)[C@H](NC(=S)NC)[C@H](N)[C@@H]1OCCCC. The summed E-state index contributed by atoms with van der Waals surface area (Å²) in [5.41, 5.74) is 6.82. The number of hydrogen-bond acceptors (Lipinski definition) is 6. The van der Waals surface area contributed by atoms with Gasteiger partial charge in [0.05, 0.1) is 12.1 Å². The van der Waals surface area contributed by atoms with Crippen molar-refractivity contribution < 1.29 is 18.9 Å². The van der Waals surface area contributed by atoms with Crippen molar-refractivity contribution in [3.05, 3.63) is 0 Å². The summed E-state index contributed by atoms with van der Waals surface area (Å²) >= 11 is 5.44. The van der Waals surface area contributed by atoms with Crippen LogP contribution in [0.5, 0.6) is 0 Å². The minimum Gasteiger partial charge on any atom is -0.374 e. The zero-order chi connectivity index (χ0) is 23.8. The first-order valence-electron chi connectivity index (χ1n) is 12.8. The number of rotatable bonds is 17. The molecular formula is C24H49N3O4S. The molecule has 1 aliphatic carbocycles. The Bertz CT molecular complexity index is 486. The fraction of sp³-hybridized carbons (Fsp3) is 0.958. The van der Waals surface area contributed by atoms with Gasteiger partial charge in [0.2, 0.25) is 0 Å². The molecule has 0 unspecified atom stereocenters. The fourth-order valence-corrected chi connectivity index (χ4v) is 4.00. The maximum atomic E-state index is 6.82. The molecule has 0 bridgehead atoms. The molecule has 0 aromatic rings. The molecule has 0 radical (unpaired) electrons. The Morgan fingerprint density at radius 3 is 1.47 bits per heavy atom. The van der Waals surface area contributed by atoms with E-state index in [0.29, 0.717) is 31.5 Å². The van der Waals surface area contributed by atoms with Gasteiger partial charge in [-0.05, 0) is 37.9 Å². The van der Waals surface area contributed by atoms with E-state index in [1.807, 2.05) is 0 Å². The van der Waals surface area contributed by atoms with Crippen molar-refractivity contribution in [1.82, 2.24) is 10.6 Å². The molecule has 0 aromatic carbocycles. The number of nitrogens with two attached hydrogens (primary N) is 1. The third-order valence-corrected chi connectivity index (χ3v) is 6.20. The molecule has 190 valence electrons. The Balaban J connectivity index is 3.23. The molecular weight excluding hydrogens is 426 g/mol. The molecule has 6 atom stereocenters. The standard InChI is InChI=1S/C24H49N3O4S/c1-6-10-14-28-20-18(25)19(27-24(32)26-5)21(29-15-11-7-2)23(31-17-13-9-4)22(20)30-16-12-8-3/h18-23H,6-17,25H2,1-5H3,(H2,26,27,32)/t18-,19+,20-,21-,22+,23+/m0/s1. The molecule has 7 nitrogen and oxygen atoms in total. The van der Waals surface area contributed by atoms with Gasteiger partial charge in [-0.25, -0.2) is 0 Å². The van der Waals surface area contributed by atoms with Gasteiger partial charge in [-0.2, -0.15) is 0 Å². The fourth-order valence-electron chi connectivity index (χ4n) is 3.86. The summed E-state index contributed by atoms with van der Waals surface area (Å²) < 4.78 is 25.6. The summed E-state index contributed by atoms with van der Waals surface area (Å²) in [7, 11) is 1.80. The van der Waals surface area contributed by atoms with E-state index in [0.717, 1.165) is 51.4 Å². The van der Waals surface area contributed by atoms with Gasteiger partial charge in [0.1, 0.15) is 24.4 Å². The van der Waals surface area contributed by atoms with Crippen LogP contribution in [0.4, 0.5) is 0 Å². The number of unbranched alkanes of at least 4 members (excludes halogenated alkanes) is 4. The molecule has 1 fully saturated rings. The largest absolute Gasteiger partial charge is 0.374 e. The van der Waals surface area contributed by atoms with Crippen LogP contribution < -0.4 is 16.4 Å². The Kier molecular flexibility index (Phi) is 16.5. The smallest absolute Gasteiger partial charge is 0.166 e. The zero-order valence-electron chi connectivity index (χ0n) is 21.1. The average Bonchev–Trinajstić information content (AvgIpc) is 2.79. The van der Waals surface area contributed by atoms with Crippen LogP contribution in [0.1, 0.15) is 79.1 Å². The van der Waals surface area contributed by atoms with Gasteiger partial charge >= 0.3 is 0 Å². The van der Waals surface area contributed by atoms with Crippen molar-refractivity contribution in [3.63, 3.8) is 0 Å². The van der Waals surface area contributed by atoms with Crippen LogP contribution in [-0.4, -0.2) is 75.1 Å². The van der Waals surface area contributed by atoms with Crippen molar-refractivity contribution in [2.75, 3.05) is 33.5 Å². The van der Waals surface area contributed by atoms with E-state index in [1.165, 1.54) is 0 Å². The van der Waals surface area contributed by atoms with Crippen LogP contribution in [0.25, 0.3) is 0 Å². The van der Waals surface area contributed by atoms with Crippen LogP contribution in [0, 0.1) is 0 Å². The van der Waals surface area contributed by atoms with Crippen LogP contribution in [-0.2, 0) is 18.9 Å². The second-order valence-corrected chi connectivity index (χ2v) is 8.99. The molecule has 1 aliphatic rings. The summed E-state index contributed by atoms with van der Waals surface area (Å²) in [6.07, 6.45) is 7.06. The second kappa shape index (κ2) is 17.9. The molecule has 1 saturated carbocycles. The van der Waals surface area contributed by atoms with Crippen LogP contribution in [0.2, 0.25) is 0 Å². The summed E-state index contributed by atoms with van der Waals surface area (Å²) in [6.45, 7) is 11.2. The van der Waals surface area contributed by atoms with Crippen LogP contribution in [0.15, 0.2) is 0 Å². The van der Waals surface area contributed by atoms with Gasteiger partial charge in [-0.1, -0.05) is 53.4 Å². The first-order valence-corrected chi connectivity index (χ1v) is 13.2. The second-order valence-electron chi connectivity index (χ2n) is 8.58. The van der Waals surface area contributed by atoms with Gasteiger partial charge in [-0.3, -0.25) is 0 Å². The first-order chi connectivity index (χ1) is 15.5. The van der Waals surface area contributed by atoms with Crippen LogP contribution in [0.3, 0.4) is 0 Å². The van der Waals surface area contributed by atoms with Crippen molar-refractivity contribution in [3.8, 4) is 0 Å². The lowest BCUT2D eigenvalue weighted by Crippen LogP contribution is -2.73. The highest BCUT2D eigenvalue weighted by atomic mass is 32.1. The Hall–Kier alpha value is -0.510. The predicted molar refractivity (Wildman–Crippen MR) is 135 cm³/mol. The number of thiocarbonyl (C=S) groups is 1. The van der Waals surface area contributed by atoms with E-state index in [4.69, 9.17) is 36.9 Å². The summed E-state index contributed by atoms with van der Waals surface area (Å²) in [5.74, 6) is 0. The van der Waals surface area contributed by atoms with Crippen molar-refractivity contribution in [1.29, 1.82) is 0 Å². The Morgan fingerprint density at radius 2 is 1.06 bits per heavy atom. The lowest BCUT2D eigenvalue weighted by atomic mass is 9.81. The van der Waals surface area contributed by atoms with Crippen molar-refractivity contribution in [2.45, 2.75) is 116 Å². The predicted octanol–water partition coefficient (Wildman–Crippen LogP) is 3.53. The molecule has 0 spiro atoms. The lowest BCUT2D eigenvalue weighted by Gasteiger charge is -2.49. The van der Waals surface area contributed by atoms with Gasteiger partial charge in [0.25, 0.3) is 0 Å². The van der Waals surface area contributed by atoms with Gasteiger partial charge in [-0.15, -0.1) is 0 Å². The van der Waals surface area contributed by atoms with Crippen molar-refractivity contribution >= 4 is 17.3 Å². The molecule has 0 aliphatic heterocycles. The molecule has 1 rings (SSSR count). The van der Waals surface area contributed by atoms with Crippen molar-refractivity contribution in [2.24, 2.45) is 5.73 Å². The van der Waals surface area contributed by atoms with E-state index in [9.17, 15) is 0 Å². The van der Waals surface area contributed by atoms with Gasteiger partial charge < -0.3 is 35.3 Å². The highest BCUT2D eigenvalue weighted by molar-refractivity contribution is 7.80. The van der Waals surface area contributed by atoms with Gasteiger partial charge in [0.15, 0.2) is 5.11 Å². The molecule has 0 heterocycles. The molecule has 0 amide bonds. The number of nitrogens with one attached hydrogen (secondary N) is 2. The summed E-state index contributed by atoms with van der Waals surface area (Å²) in [4.78, 5) is 0. The summed E-state index contributed by atoms with van der Waals surface area (Å²) in [5, 5.41) is 6.92. The normalized spacial score (nSPS) is 27.9. The number of ether oxygens (including phenoxy) is 4. The van der Waals surface area contributed by atoms with E-state index >= 15 is 0 Å². The van der Waals surface area contributed by atoms with E-state index in [1.54, 1.807) is 7.05 Å². The van der Waals surface area contributed by atoms with E-state index < -0.39 is 0 Å². The third-order valence-electron chi connectivity index (χ3n) is 5.88. The Labute approximate surface area is 201 Å². The lowest BCUT2D eigenvalue weighted by molar-refractivity contribution is -0.215. The maximum Gasteiger partial charge on any atom is 0.166 e.